The van der Waals surface area contributed by atoms with Crippen LogP contribution in [0.1, 0.15) is 42.0 Å². The van der Waals surface area contributed by atoms with Crippen molar-refractivity contribution in [2.24, 2.45) is 5.16 Å². The molecule has 1 heterocycles. The summed E-state index contributed by atoms with van der Waals surface area (Å²) in [5, 5.41) is 4.25. The molecule has 2 aromatic carbocycles. The molecule has 6 nitrogen and oxygen atoms in total. The first-order chi connectivity index (χ1) is 16.7. The second kappa shape index (κ2) is 12.1. The molecule has 0 N–H and O–H groups in total. The van der Waals surface area contributed by atoms with E-state index in [1.165, 1.54) is 12.1 Å². The topological polar surface area (TPSA) is 54.4 Å². The van der Waals surface area contributed by atoms with Gasteiger partial charge in [-0.15, -0.1) is 0 Å². The van der Waals surface area contributed by atoms with Gasteiger partial charge in [-0.2, -0.15) is 13.2 Å². The van der Waals surface area contributed by atoms with Gasteiger partial charge in [0.05, 0.1) is 11.3 Å². The summed E-state index contributed by atoms with van der Waals surface area (Å²) in [5.74, 6) is 0.615. The molecule has 9 heteroatoms. The van der Waals surface area contributed by atoms with Gasteiger partial charge < -0.3 is 19.4 Å². The molecule has 1 aliphatic heterocycles. The van der Waals surface area contributed by atoms with Crippen LogP contribution in [0.15, 0.2) is 47.6 Å². The number of halogens is 3. The molecule has 35 heavy (non-hydrogen) atoms. The number of likely N-dealkylation sites (N-methyl/N-ethyl adjacent to an activating group) is 1. The molecule has 0 aromatic heterocycles. The standard InChI is InChI=1S/C26H32F3N3O3/c1-4-5-23(30-35-17-20-6-9-22(10-7-20)26(27,28)29)21-8-11-24(19(2)16-21)34-18-25(33)32-14-12-31(3)13-15-32/h6-11,16H,4-5,12-15,17-18H2,1-3H3/b30-23-. The van der Waals surface area contributed by atoms with Gasteiger partial charge in [-0.25, -0.2) is 0 Å². The molecule has 1 aliphatic rings. The fourth-order valence-corrected chi connectivity index (χ4v) is 3.73. The second-order valence-electron chi connectivity index (χ2n) is 8.71. The lowest BCUT2D eigenvalue weighted by atomic mass is 10.0. The maximum Gasteiger partial charge on any atom is 0.416 e. The Kier molecular flexibility index (Phi) is 9.14. The van der Waals surface area contributed by atoms with E-state index in [1.54, 1.807) is 0 Å². The minimum Gasteiger partial charge on any atom is -0.483 e. The number of benzene rings is 2. The summed E-state index contributed by atoms with van der Waals surface area (Å²) in [6, 6.07) is 10.5. The van der Waals surface area contributed by atoms with E-state index < -0.39 is 11.7 Å². The maximum atomic E-state index is 12.7. The second-order valence-corrected chi connectivity index (χ2v) is 8.71. The van der Waals surface area contributed by atoms with Gasteiger partial charge in [0, 0.05) is 26.2 Å². The first-order valence-corrected chi connectivity index (χ1v) is 11.7. The number of aryl methyl sites for hydroxylation is 1. The van der Waals surface area contributed by atoms with Gasteiger partial charge in [-0.05, 0) is 67.4 Å². The van der Waals surface area contributed by atoms with Crippen LogP contribution in [0.4, 0.5) is 13.2 Å². The fourth-order valence-electron chi connectivity index (χ4n) is 3.73. The largest absolute Gasteiger partial charge is 0.483 e. The SMILES string of the molecule is CCC/C(=N/OCc1ccc(C(F)(F)F)cc1)c1ccc(OCC(=O)N2CCN(C)CC2)c(C)c1. The third kappa shape index (κ3) is 7.71. The van der Waals surface area contributed by atoms with Gasteiger partial charge in [0.2, 0.25) is 0 Å². The Morgan fingerprint density at radius 2 is 1.74 bits per heavy atom. The third-order valence-electron chi connectivity index (χ3n) is 5.89. The van der Waals surface area contributed by atoms with E-state index >= 15 is 0 Å². The van der Waals surface area contributed by atoms with E-state index in [1.807, 2.05) is 44.0 Å². The summed E-state index contributed by atoms with van der Waals surface area (Å²) in [4.78, 5) is 21.9. The van der Waals surface area contributed by atoms with E-state index in [0.29, 0.717) is 30.8 Å². The van der Waals surface area contributed by atoms with Crippen LogP contribution in [-0.2, 0) is 22.4 Å². The Bertz CT molecular complexity index is 1010. The molecule has 1 fully saturated rings. The Hall–Kier alpha value is -3.07. The number of nitrogens with zero attached hydrogens (tertiary/aromatic N) is 3. The number of alkyl halides is 3. The van der Waals surface area contributed by atoms with Crippen molar-refractivity contribution in [2.75, 3.05) is 39.8 Å². The molecule has 0 atom stereocenters. The number of piperazine rings is 1. The molecular weight excluding hydrogens is 459 g/mol. The molecule has 0 saturated carbocycles. The van der Waals surface area contributed by atoms with Crippen molar-refractivity contribution in [3.63, 3.8) is 0 Å². The average molecular weight is 492 g/mol. The van der Waals surface area contributed by atoms with E-state index in [-0.39, 0.29) is 19.1 Å². The molecule has 0 spiro atoms. The minimum atomic E-state index is -4.36. The highest BCUT2D eigenvalue weighted by atomic mass is 19.4. The van der Waals surface area contributed by atoms with Crippen molar-refractivity contribution in [1.29, 1.82) is 0 Å². The zero-order valence-corrected chi connectivity index (χ0v) is 20.4. The number of hydrogen-bond donors (Lipinski definition) is 0. The van der Waals surface area contributed by atoms with Crippen LogP contribution in [0, 0.1) is 6.92 Å². The van der Waals surface area contributed by atoms with Crippen molar-refractivity contribution >= 4 is 11.6 Å². The number of carbonyl (C=O) groups is 1. The Morgan fingerprint density at radius 3 is 2.34 bits per heavy atom. The smallest absolute Gasteiger partial charge is 0.416 e. The molecule has 3 rings (SSSR count). The quantitative estimate of drug-likeness (QED) is 0.370. The van der Waals surface area contributed by atoms with Crippen LogP contribution in [0.2, 0.25) is 0 Å². The monoisotopic (exact) mass is 491 g/mol. The van der Waals surface area contributed by atoms with Crippen molar-refractivity contribution in [3.05, 3.63) is 64.7 Å². The fraction of sp³-hybridized carbons (Fsp3) is 0.462. The highest BCUT2D eigenvalue weighted by molar-refractivity contribution is 6.00. The first-order valence-electron chi connectivity index (χ1n) is 11.7. The Balaban J connectivity index is 1.59. The van der Waals surface area contributed by atoms with Crippen molar-refractivity contribution in [3.8, 4) is 5.75 Å². The molecule has 0 aliphatic carbocycles. The van der Waals surface area contributed by atoms with E-state index in [4.69, 9.17) is 9.57 Å². The van der Waals surface area contributed by atoms with Crippen LogP contribution in [0.5, 0.6) is 5.75 Å². The maximum absolute atomic E-state index is 12.7. The van der Waals surface area contributed by atoms with Crippen LogP contribution < -0.4 is 4.74 Å². The number of carbonyl (C=O) groups excluding carboxylic acids is 1. The van der Waals surface area contributed by atoms with Crippen molar-refractivity contribution in [1.82, 2.24) is 9.80 Å². The lowest BCUT2D eigenvalue weighted by molar-refractivity contribution is -0.137. The van der Waals surface area contributed by atoms with E-state index in [0.717, 1.165) is 48.5 Å². The number of amides is 1. The average Bonchev–Trinajstić information content (AvgIpc) is 2.83. The summed E-state index contributed by atoms with van der Waals surface area (Å²) < 4.78 is 43.9. The first kappa shape index (κ1) is 26.5. The zero-order valence-electron chi connectivity index (χ0n) is 20.4. The number of ether oxygens (including phenoxy) is 1. The van der Waals surface area contributed by atoms with Gasteiger partial charge in [0.1, 0.15) is 12.4 Å². The van der Waals surface area contributed by atoms with E-state index in [2.05, 4.69) is 10.1 Å². The number of hydrogen-bond acceptors (Lipinski definition) is 5. The summed E-state index contributed by atoms with van der Waals surface area (Å²) in [6.07, 6.45) is -2.84. The van der Waals surface area contributed by atoms with Gasteiger partial charge in [0.25, 0.3) is 5.91 Å². The molecule has 190 valence electrons. The number of rotatable bonds is 9. The third-order valence-corrected chi connectivity index (χ3v) is 5.89. The summed E-state index contributed by atoms with van der Waals surface area (Å²) >= 11 is 0. The van der Waals surface area contributed by atoms with Crippen molar-refractivity contribution < 1.29 is 27.5 Å². The Morgan fingerprint density at radius 1 is 1.06 bits per heavy atom. The normalized spacial score (nSPS) is 15.3. The zero-order chi connectivity index (χ0) is 25.4. The van der Waals surface area contributed by atoms with Crippen LogP contribution in [-0.4, -0.2) is 61.3 Å². The van der Waals surface area contributed by atoms with Gasteiger partial charge in [-0.1, -0.05) is 30.6 Å². The molecule has 0 radical (unpaired) electrons. The summed E-state index contributed by atoms with van der Waals surface area (Å²) in [7, 11) is 2.04. The number of oxime groups is 1. The molecule has 0 bridgehead atoms. The predicted molar refractivity (Wildman–Crippen MR) is 128 cm³/mol. The predicted octanol–water partition coefficient (Wildman–Crippen LogP) is 4.89. The summed E-state index contributed by atoms with van der Waals surface area (Å²) in [5.41, 5.74) is 2.39. The lowest BCUT2D eigenvalue weighted by Crippen LogP contribution is -2.48. The molecule has 2 aromatic rings. The Labute approximate surface area is 204 Å². The molecular formula is C26H32F3N3O3. The van der Waals surface area contributed by atoms with Gasteiger partial charge >= 0.3 is 6.18 Å². The van der Waals surface area contributed by atoms with Crippen LogP contribution in [0.25, 0.3) is 0 Å². The summed E-state index contributed by atoms with van der Waals surface area (Å²) in [6.45, 7) is 7.14. The molecule has 0 unspecified atom stereocenters. The minimum absolute atomic E-state index is 0.00392. The molecule has 1 amide bonds. The van der Waals surface area contributed by atoms with Crippen LogP contribution >= 0.6 is 0 Å². The van der Waals surface area contributed by atoms with Gasteiger partial charge in [-0.3, -0.25) is 4.79 Å². The highest BCUT2D eigenvalue weighted by Gasteiger charge is 2.29. The van der Waals surface area contributed by atoms with Crippen LogP contribution in [0.3, 0.4) is 0 Å². The van der Waals surface area contributed by atoms with E-state index in [9.17, 15) is 18.0 Å². The highest BCUT2D eigenvalue weighted by Crippen LogP contribution is 2.29. The van der Waals surface area contributed by atoms with Gasteiger partial charge in [0.15, 0.2) is 6.61 Å². The van der Waals surface area contributed by atoms with Crippen molar-refractivity contribution in [2.45, 2.75) is 39.5 Å². The molecule has 1 saturated heterocycles. The lowest BCUT2D eigenvalue weighted by Gasteiger charge is -2.32.